The number of unbranched alkanes of at least 4 members (excludes halogenated alkanes) is 1. The van der Waals surface area contributed by atoms with E-state index in [2.05, 4.69) is 20.3 Å². The molecule has 6 heteroatoms. The van der Waals surface area contributed by atoms with Gasteiger partial charge in [0.05, 0.1) is 0 Å². The van der Waals surface area contributed by atoms with Gasteiger partial charge in [-0.2, -0.15) is 0 Å². The molecule has 0 aliphatic rings. The van der Waals surface area contributed by atoms with Crippen LogP contribution < -0.4 is 0 Å². The van der Waals surface area contributed by atoms with Crippen LogP contribution in [0.4, 0.5) is 0 Å². The summed E-state index contributed by atoms with van der Waals surface area (Å²) < 4.78 is 8.88. The maximum atomic E-state index is 8.88. The van der Waals surface area contributed by atoms with Crippen molar-refractivity contribution in [3.05, 3.63) is 0 Å². The molecule has 0 unspecified atom stereocenters. The van der Waals surface area contributed by atoms with E-state index in [4.69, 9.17) is 19.2 Å². The molecule has 0 rings (SSSR count). The fraction of sp³-hybridized carbons (Fsp3) is 1.00. The topological polar surface area (TPSA) is 77.8 Å². The Morgan fingerprint density at radius 3 is 1.67 bits per heavy atom. The van der Waals surface area contributed by atoms with Gasteiger partial charge in [-0.3, -0.25) is 0 Å². The third kappa shape index (κ3) is 46.5. The van der Waals surface area contributed by atoms with Gasteiger partial charge in [-0.15, -0.1) is 7.92 Å². The van der Waals surface area contributed by atoms with E-state index in [1.165, 1.54) is 19.0 Å². The van der Waals surface area contributed by atoms with Gasteiger partial charge in [-0.1, -0.05) is 13.3 Å². The summed E-state index contributed by atoms with van der Waals surface area (Å²) in [6, 6.07) is 0. The van der Waals surface area contributed by atoms with Crippen molar-refractivity contribution in [3.63, 3.8) is 0 Å². The predicted octanol–water partition coefficient (Wildman–Crippen LogP) is 1.60. The number of hydrogen-bond donors (Lipinski definition) is 3. The Hall–Kier alpha value is 0.540. The second-order valence-corrected chi connectivity index (χ2v) is 6.30. The fourth-order valence-corrected chi connectivity index (χ4v) is 1.42. The minimum atomic E-state index is -4.64. The monoisotopic (exact) mass is 216 g/mol. The zero-order chi connectivity index (χ0) is 10.2. The molecule has 12 heavy (non-hydrogen) atoms. The highest BCUT2D eigenvalue weighted by Crippen LogP contribution is 2.26. The normalized spacial score (nSPS) is 10.9. The molecule has 0 saturated carbocycles. The molecule has 0 aromatic rings. The van der Waals surface area contributed by atoms with Gasteiger partial charge in [0.1, 0.15) is 0 Å². The van der Waals surface area contributed by atoms with Gasteiger partial charge in [0, 0.05) is 0 Å². The summed E-state index contributed by atoms with van der Waals surface area (Å²) in [6.45, 7) is 6.93. The zero-order valence-electron chi connectivity index (χ0n) is 7.77. The van der Waals surface area contributed by atoms with Crippen molar-refractivity contribution in [3.8, 4) is 0 Å². The molecule has 76 valence electrons. The number of rotatable bonds is 3. The standard InChI is InChI=1S/C6H15P.H3O4P/c1-4-5-6-7(2)3;1-5(2,3)4/h4-6H2,1-3H3;(H3,1,2,3,4). The van der Waals surface area contributed by atoms with Gasteiger partial charge in [0.2, 0.25) is 0 Å². The summed E-state index contributed by atoms with van der Waals surface area (Å²) >= 11 is 0. The first-order chi connectivity index (χ1) is 5.27. The maximum absolute atomic E-state index is 8.88. The summed E-state index contributed by atoms with van der Waals surface area (Å²) in [4.78, 5) is 21.6. The first-order valence-corrected chi connectivity index (χ1v) is 7.69. The minimum absolute atomic E-state index is 0.394. The zero-order valence-corrected chi connectivity index (χ0v) is 9.55. The highest BCUT2D eigenvalue weighted by atomic mass is 31.2. The molecule has 0 aromatic carbocycles. The summed E-state index contributed by atoms with van der Waals surface area (Å²) in [5, 5.41) is 0. The molecular weight excluding hydrogens is 198 g/mol. The third-order valence-corrected chi connectivity index (χ3v) is 2.17. The molecule has 0 aliphatic carbocycles. The van der Waals surface area contributed by atoms with E-state index in [-0.39, 0.29) is 0 Å². The quantitative estimate of drug-likeness (QED) is 0.626. The number of hydrogen-bond acceptors (Lipinski definition) is 1. The lowest BCUT2D eigenvalue weighted by atomic mass is 10.4. The van der Waals surface area contributed by atoms with E-state index in [1.807, 2.05) is 0 Å². The summed E-state index contributed by atoms with van der Waals surface area (Å²) in [5.74, 6) is 0. The Morgan fingerprint density at radius 2 is 1.58 bits per heavy atom. The molecule has 0 saturated heterocycles. The van der Waals surface area contributed by atoms with E-state index >= 15 is 0 Å². The summed E-state index contributed by atoms with van der Waals surface area (Å²) in [6.07, 6.45) is 4.26. The van der Waals surface area contributed by atoms with Crippen molar-refractivity contribution >= 4 is 15.7 Å². The van der Waals surface area contributed by atoms with Crippen molar-refractivity contribution < 1.29 is 19.2 Å². The Morgan fingerprint density at radius 1 is 1.25 bits per heavy atom. The van der Waals surface area contributed by atoms with E-state index < -0.39 is 7.82 Å². The highest BCUT2D eigenvalue weighted by molar-refractivity contribution is 7.55. The van der Waals surface area contributed by atoms with Crippen molar-refractivity contribution in [2.75, 3.05) is 19.5 Å². The van der Waals surface area contributed by atoms with Crippen LogP contribution in [0.25, 0.3) is 0 Å². The van der Waals surface area contributed by atoms with Gasteiger partial charge in [0.25, 0.3) is 0 Å². The summed E-state index contributed by atoms with van der Waals surface area (Å²) in [7, 11) is -4.25. The van der Waals surface area contributed by atoms with Gasteiger partial charge >= 0.3 is 7.82 Å². The lowest BCUT2D eigenvalue weighted by Gasteiger charge is -2.00. The molecule has 0 aromatic heterocycles. The largest absolute Gasteiger partial charge is 0.466 e. The Kier molecular flexibility index (Phi) is 10.2. The van der Waals surface area contributed by atoms with Crippen molar-refractivity contribution in [2.24, 2.45) is 0 Å². The Balaban J connectivity index is 0. The first-order valence-electron chi connectivity index (χ1n) is 3.70. The Labute approximate surface area is 75.0 Å². The lowest BCUT2D eigenvalue weighted by molar-refractivity contribution is 0.275. The molecule has 3 N–H and O–H groups in total. The van der Waals surface area contributed by atoms with Crippen molar-refractivity contribution in [2.45, 2.75) is 19.8 Å². The molecule has 0 atom stereocenters. The van der Waals surface area contributed by atoms with E-state index in [1.54, 1.807) is 0 Å². The first kappa shape index (κ1) is 15.0. The second kappa shape index (κ2) is 8.15. The van der Waals surface area contributed by atoms with Crippen LogP contribution in [0.1, 0.15) is 19.8 Å². The van der Waals surface area contributed by atoms with Crippen LogP contribution >= 0.6 is 15.7 Å². The average Bonchev–Trinajstić information content (AvgIpc) is 1.79. The molecule has 0 amide bonds. The van der Waals surface area contributed by atoms with Crippen LogP contribution in [0.5, 0.6) is 0 Å². The molecule has 0 radical (unpaired) electrons. The van der Waals surface area contributed by atoms with Crippen LogP contribution in [0, 0.1) is 0 Å². The highest BCUT2D eigenvalue weighted by Gasteiger charge is 2.00. The van der Waals surface area contributed by atoms with Gasteiger partial charge in [0.15, 0.2) is 0 Å². The van der Waals surface area contributed by atoms with Crippen molar-refractivity contribution in [1.29, 1.82) is 0 Å². The third-order valence-electron chi connectivity index (χ3n) is 0.959. The Bertz CT molecular complexity index is 123. The van der Waals surface area contributed by atoms with Crippen LogP contribution in [0.15, 0.2) is 0 Å². The smallest absolute Gasteiger partial charge is 0.303 e. The second-order valence-electron chi connectivity index (χ2n) is 2.67. The minimum Gasteiger partial charge on any atom is -0.303 e. The van der Waals surface area contributed by atoms with E-state index in [0.717, 1.165) is 0 Å². The van der Waals surface area contributed by atoms with E-state index in [9.17, 15) is 0 Å². The molecule has 0 bridgehead atoms. The van der Waals surface area contributed by atoms with Crippen LogP contribution in [-0.4, -0.2) is 34.2 Å². The van der Waals surface area contributed by atoms with Crippen LogP contribution in [0.2, 0.25) is 0 Å². The van der Waals surface area contributed by atoms with Crippen LogP contribution in [0.3, 0.4) is 0 Å². The molecule has 4 nitrogen and oxygen atoms in total. The SMILES string of the molecule is CCCCP(C)C.O=P(O)(O)O. The summed E-state index contributed by atoms with van der Waals surface area (Å²) in [5.41, 5.74) is 0. The van der Waals surface area contributed by atoms with Gasteiger partial charge in [-0.05, 0) is 25.9 Å². The van der Waals surface area contributed by atoms with E-state index in [0.29, 0.717) is 7.92 Å². The number of phosphoric acid groups is 1. The fourth-order valence-electron chi connectivity index (χ4n) is 0.474. The van der Waals surface area contributed by atoms with Crippen molar-refractivity contribution in [1.82, 2.24) is 0 Å². The molecule has 0 spiro atoms. The van der Waals surface area contributed by atoms with Gasteiger partial charge in [-0.25, -0.2) is 4.57 Å². The predicted molar refractivity (Wildman–Crippen MR) is 52.8 cm³/mol. The molecule has 0 heterocycles. The lowest BCUT2D eigenvalue weighted by Crippen LogP contribution is -1.77. The molecule has 0 fully saturated rings. The molecular formula is C6H18O4P2. The van der Waals surface area contributed by atoms with Gasteiger partial charge < -0.3 is 14.7 Å². The maximum Gasteiger partial charge on any atom is 0.466 e. The van der Waals surface area contributed by atoms with Crippen LogP contribution in [-0.2, 0) is 4.57 Å². The molecule has 0 aliphatic heterocycles. The average molecular weight is 216 g/mol.